The molecule has 0 radical (unpaired) electrons. The van der Waals surface area contributed by atoms with E-state index in [4.69, 9.17) is 0 Å². The fourth-order valence-electron chi connectivity index (χ4n) is 3.45. The SMILES string of the molecule is CCCNC(=O)Nc1cccc(-c2ccc(C[C@H](NC(=O)NCc3ccccc3)C(=O)O)cc2)c1. The van der Waals surface area contributed by atoms with Crippen molar-refractivity contribution in [2.45, 2.75) is 32.4 Å². The largest absolute Gasteiger partial charge is 0.480 e. The van der Waals surface area contributed by atoms with Gasteiger partial charge in [0.15, 0.2) is 0 Å². The lowest BCUT2D eigenvalue weighted by atomic mass is 10.0. The Kier molecular flexibility index (Phi) is 9.24. The summed E-state index contributed by atoms with van der Waals surface area (Å²) in [7, 11) is 0. The number of anilines is 1. The maximum Gasteiger partial charge on any atom is 0.326 e. The summed E-state index contributed by atoms with van der Waals surface area (Å²) in [6.07, 6.45) is 1.00. The summed E-state index contributed by atoms with van der Waals surface area (Å²) in [5.41, 5.74) is 4.21. The summed E-state index contributed by atoms with van der Waals surface area (Å²) in [6, 6.07) is 22.5. The molecule has 8 heteroatoms. The highest BCUT2D eigenvalue weighted by Crippen LogP contribution is 2.23. The van der Waals surface area contributed by atoms with E-state index in [1.807, 2.05) is 85.8 Å². The van der Waals surface area contributed by atoms with Crippen LogP contribution in [0.5, 0.6) is 0 Å². The van der Waals surface area contributed by atoms with Gasteiger partial charge in [-0.1, -0.05) is 73.7 Å². The third kappa shape index (κ3) is 8.19. The molecule has 1 atom stereocenters. The van der Waals surface area contributed by atoms with Crippen molar-refractivity contribution in [2.75, 3.05) is 11.9 Å². The Balaban J connectivity index is 1.59. The van der Waals surface area contributed by atoms with Crippen molar-refractivity contribution >= 4 is 23.7 Å². The van der Waals surface area contributed by atoms with Crippen LogP contribution in [0.3, 0.4) is 0 Å². The molecule has 0 bridgehead atoms. The van der Waals surface area contributed by atoms with Gasteiger partial charge in [-0.2, -0.15) is 0 Å². The number of carbonyl (C=O) groups is 3. The lowest BCUT2D eigenvalue weighted by molar-refractivity contribution is -0.139. The van der Waals surface area contributed by atoms with Crippen LogP contribution in [0.25, 0.3) is 11.1 Å². The van der Waals surface area contributed by atoms with E-state index in [1.54, 1.807) is 0 Å². The molecule has 0 aliphatic carbocycles. The molecule has 5 N–H and O–H groups in total. The standard InChI is InChI=1S/C27H30N4O4/c1-2-15-28-26(34)30-23-10-6-9-22(17-23)21-13-11-19(12-14-21)16-24(25(32)33)31-27(35)29-18-20-7-4-3-5-8-20/h3-14,17,24H,2,15-16,18H2,1H3,(H,32,33)(H2,28,30,34)(H2,29,31,35)/t24-/m0/s1. The normalized spacial score (nSPS) is 11.2. The highest BCUT2D eigenvalue weighted by atomic mass is 16.4. The molecular formula is C27H30N4O4. The van der Waals surface area contributed by atoms with Crippen LogP contribution in [-0.4, -0.2) is 35.7 Å². The molecule has 0 saturated heterocycles. The lowest BCUT2D eigenvalue weighted by Gasteiger charge is -2.16. The Hall–Kier alpha value is -4.33. The molecule has 0 aliphatic heterocycles. The minimum Gasteiger partial charge on any atom is -0.480 e. The number of urea groups is 2. The number of carboxylic acid groups (broad SMARTS) is 1. The van der Waals surface area contributed by atoms with Gasteiger partial charge in [0.1, 0.15) is 6.04 Å². The zero-order valence-corrected chi connectivity index (χ0v) is 19.6. The van der Waals surface area contributed by atoms with Crippen molar-refractivity contribution in [3.05, 3.63) is 90.0 Å². The Morgan fingerprint density at radius 2 is 1.54 bits per heavy atom. The molecular weight excluding hydrogens is 444 g/mol. The molecule has 4 amide bonds. The molecule has 0 fully saturated rings. The Morgan fingerprint density at radius 3 is 2.23 bits per heavy atom. The number of rotatable bonds is 10. The van der Waals surface area contributed by atoms with Crippen molar-refractivity contribution in [3.63, 3.8) is 0 Å². The Morgan fingerprint density at radius 1 is 0.800 bits per heavy atom. The number of hydrogen-bond acceptors (Lipinski definition) is 3. The van der Waals surface area contributed by atoms with E-state index >= 15 is 0 Å². The summed E-state index contributed by atoms with van der Waals surface area (Å²) >= 11 is 0. The first-order valence-corrected chi connectivity index (χ1v) is 11.5. The lowest BCUT2D eigenvalue weighted by Crippen LogP contribution is -2.46. The molecule has 8 nitrogen and oxygen atoms in total. The molecule has 0 heterocycles. The first-order valence-electron chi connectivity index (χ1n) is 11.5. The third-order valence-electron chi connectivity index (χ3n) is 5.28. The average Bonchev–Trinajstić information content (AvgIpc) is 2.87. The van der Waals surface area contributed by atoms with Crippen LogP contribution in [-0.2, 0) is 17.8 Å². The second-order valence-corrected chi connectivity index (χ2v) is 8.07. The quantitative estimate of drug-likeness (QED) is 0.300. The first-order chi connectivity index (χ1) is 16.9. The van der Waals surface area contributed by atoms with Gasteiger partial charge in [-0.3, -0.25) is 0 Å². The Bertz CT molecular complexity index is 1130. The second-order valence-electron chi connectivity index (χ2n) is 8.07. The predicted octanol–water partition coefficient (Wildman–Crippen LogP) is 4.38. The minimum absolute atomic E-state index is 0.146. The smallest absolute Gasteiger partial charge is 0.326 e. The van der Waals surface area contributed by atoms with Crippen LogP contribution in [0.1, 0.15) is 24.5 Å². The monoisotopic (exact) mass is 474 g/mol. The number of carbonyl (C=O) groups excluding carboxylic acids is 2. The van der Waals surface area contributed by atoms with E-state index in [1.165, 1.54) is 0 Å². The predicted molar refractivity (Wildman–Crippen MR) is 136 cm³/mol. The summed E-state index contributed by atoms with van der Waals surface area (Å²) in [5.74, 6) is -1.11. The van der Waals surface area contributed by atoms with Crippen molar-refractivity contribution in [3.8, 4) is 11.1 Å². The number of aliphatic carboxylic acids is 1. The van der Waals surface area contributed by atoms with Crippen LogP contribution >= 0.6 is 0 Å². The molecule has 0 aromatic heterocycles. The van der Waals surface area contributed by atoms with Gasteiger partial charge in [-0.15, -0.1) is 0 Å². The maximum absolute atomic E-state index is 12.2. The van der Waals surface area contributed by atoms with Gasteiger partial charge >= 0.3 is 18.0 Å². The van der Waals surface area contributed by atoms with Gasteiger partial charge in [0, 0.05) is 25.2 Å². The van der Waals surface area contributed by atoms with Crippen molar-refractivity contribution in [1.29, 1.82) is 0 Å². The summed E-state index contributed by atoms with van der Waals surface area (Å²) in [5, 5.41) is 20.4. The zero-order valence-electron chi connectivity index (χ0n) is 19.6. The molecule has 0 saturated carbocycles. The molecule has 0 unspecified atom stereocenters. The fraction of sp³-hybridized carbons (Fsp3) is 0.222. The maximum atomic E-state index is 12.2. The number of carboxylic acids is 1. The number of amides is 4. The first kappa shape index (κ1) is 25.3. The number of hydrogen-bond donors (Lipinski definition) is 5. The van der Waals surface area contributed by atoms with Crippen LogP contribution in [0.15, 0.2) is 78.9 Å². The highest BCUT2D eigenvalue weighted by molar-refractivity contribution is 5.90. The van der Waals surface area contributed by atoms with Crippen LogP contribution in [0.4, 0.5) is 15.3 Å². The number of benzene rings is 3. The second kappa shape index (κ2) is 12.8. The van der Waals surface area contributed by atoms with E-state index in [0.717, 1.165) is 28.7 Å². The van der Waals surface area contributed by atoms with Gasteiger partial charge in [-0.05, 0) is 40.8 Å². The van der Waals surface area contributed by atoms with Crippen molar-refractivity contribution < 1.29 is 19.5 Å². The van der Waals surface area contributed by atoms with Gasteiger partial charge in [0.2, 0.25) is 0 Å². The molecule has 3 aromatic carbocycles. The van der Waals surface area contributed by atoms with Gasteiger partial charge in [0.25, 0.3) is 0 Å². The number of nitrogens with one attached hydrogen (secondary N) is 4. The summed E-state index contributed by atoms with van der Waals surface area (Å²) in [6.45, 7) is 2.90. The zero-order chi connectivity index (χ0) is 25.0. The topological polar surface area (TPSA) is 120 Å². The molecule has 3 rings (SSSR count). The van der Waals surface area contributed by atoms with E-state index < -0.39 is 18.0 Å². The molecule has 35 heavy (non-hydrogen) atoms. The van der Waals surface area contributed by atoms with Crippen LogP contribution in [0, 0.1) is 0 Å². The highest BCUT2D eigenvalue weighted by Gasteiger charge is 2.20. The van der Waals surface area contributed by atoms with Gasteiger partial charge < -0.3 is 26.4 Å². The van der Waals surface area contributed by atoms with Gasteiger partial charge in [-0.25, -0.2) is 14.4 Å². The average molecular weight is 475 g/mol. The van der Waals surface area contributed by atoms with Gasteiger partial charge in [0.05, 0.1) is 0 Å². The minimum atomic E-state index is -1.11. The van der Waals surface area contributed by atoms with E-state index in [-0.39, 0.29) is 12.5 Å². The van der Waals surface area contributed by atoms with Crippen LogP contribution < -0.4 is 21.3 Å². The van der Waals surface area contributed by atoms with Crippen molar-refractivity contribution in [2.24, 2.45) is 0 Å². The van der Waals surface area contributed by atoms with Crippen LogP contribution in [0.2, 0.25) is 0 Å². The molecule has 3 aromatic rings. The molecule has 182 valence electrons. The third-order valence-corrected chi connectivity index (χ3v) is 5.28. The summed E-state index contributed by atoms with van der Waals surface area (Å²) in [4.78, 5) is 35.8. The van der Waals surface area contributed by atoms with E-state index in [9.17, 15) is 19.5 Å². The van der Waals surface area contributed by atoms with E-state index in [0.29, 0.717) is 18.8 Å². The van der Waals surface area contributed by atoms with E-state index in [2.05, 4.69) is 21.3 Å². The fourth-order valence-corrected chi connectivity index (χ4v) is 3.45. The Labute approximate surface area is 204 Å². The molecule has 0 aliphatic rings. The molecule has 0 spiro atoms. The van der Waals surface area contributed by atoms with Crippen molar-refractivity contribution in [1.82, 2.24) is 16.0 Å². The summed E-state index contributed by atoms with van der Waals surface area (Å²) < 4.78 is 0.